The Kier molecular flexibility index (Phi) is 12.7. The van der Waals surface area contributed by atoms with Gasteiger partial charge in [-0.1, -0.05) is 6.08 Å². The minimum Gasteiger partial charge on any atom is -0.338 e. The maximum Gasteiger partial charge on any atom is 0.700 e. The first-order valence-corrected chi connectivity index (χ1v) is 11.1. The van der Waals surface area contributed by atoms with E-state index in [0.717, 1.165) is 17.4 Å². The fourth-order valence-corrected chi connectivity index (χ4v) is 2.94. The molecule has 0 aliphatic heterocycles. The lowest BCUT2D eigenvalue weighted by Crippen LogP contribution is -2.43. The SMILES string of the molecule is C/C=C\N(C=NCC(O)(OP(O)O)O[P+](=O)O)CC(O)(O[P+](=O)O)O[P+](=O)O. The minimum atomic E-state index is -3.46. The summed E-state index contributed by atoms with van der Waals surface area (Å²) in [6.07, 6.45) is 3.30. The number of hydrogen-bond donors (Lipinski definition) is 7. The molecule has 16 nitrogen and oxygen atoms in total. The highest BCUT2D eigenvalue weighted by Gasteiger charge is 2.49. The number of allylic oxidation sites excluding steroid dienone is 1. The fourth-order valence-electron chi connectivity index (χ4n) is 1.46. The second-order valence-corrected chi connectivity index (χ2v) is 7.03. The van der Waals surface area contributed by atoms with Crippen LogP contribution < -0.4 is 0 Å². The van der Waals surface area contributed by atoms with Gasteiger partial charge < -0.3 is 24.9 Å². The molecular weight excluding hydrogens is 472 g/mol. The Bertz CT molecular complexity index is 600. The van der Waals surface area contributed by atoms with Crippen LogP contribution in [0.5, 0.6) is 0 Å². The molecule has 4 unspecified atom stereocenters. The lowest BCUT2D eigenvalue weighted by Gasteiger charge is -2.22. The van der Waals surface area contributed by atoms with Gasteiger partial charge in [-0.2, -0.15) is 0 Å². The van der Waals surface area contributed by atoms with Gasteiger partial charge in [0.2, 0.25) is 0 Å². The molecule has 0 aromatic heterocycles. The standard InChI is InChI=1S/C8H14N2O14P4/c1-2-3-10(5-8(12,23-27(17)18)24-28(19)20)6-9-4-7(11,21-25(13)14)22-26(15)16/h2-3,6,11-14H,4-5H2,1H3/p+3/b3-2-,9-6?. The van der Waals surface area contributed by atoms with Crippen LogP contribution >= 0.6 is 33.4 Å². The monoisotopic (exact) mass is 489 g/mol. The van der Waals surface area contributed by atoms with E-state index in [0.29, 0.717) is 0 Å². The van der Waals surface area contributed by atoms with Crippen LogP contribution in [0.1, 0.15) is 6.92 Å². The van der Waals surface area contributed by atoms with Crippen molar-refractivity contribution < 1.29 is 66.5 Å². The summed E-state index contributed by atoms with van der Waals surface area (Å²) in [5.41, 5.74) is 0. The zero-order valence-electron chi connectivity index (χ0n) is 13.8. The van der Waals surface area contributed by atoms with E-state index in [2.05, 4.69) is 23.1 Å². The van der Waals surface area contributed by atoms with Crippen LogP contribution in [-0.4, -0.2) is 71.0 Å². The highest BCUT2D eigenvalue weighted by atomic mass is 31.2. The molecule has 0 aliphatic rings. The predicted molar refractivity (Wildman–Crippen MR) is 90.0 cm³/mol. The number of nitrogens with zero attached hydrogens (tertiary/aromatic N) is 2. The highest BCUT2D eigenvalue weighted by Crippen LogP contribution is 2.37. The third kappa shape index (κ3) is 12.9. The van der Waals surface area contributed by atoms with E-state index in [1.165, 1.54) is 13.0 Å². The number of aliphatic imine (C=N–C) groups is 1. The van der Waals surface area contributed by atoms with Crippen LogP contribution in [0.25, 0.3) is 0 Å². The van der Waals surface area contributed by atoms with Crippen LogP contribution in [0.2, 0.25) is 0 Å². The topological polar surface area (TPSA) is 245 Å². The Labute approximate surface area is 161 Å². The molecule has 0 fully saturated rings. The zero-order valence-corrected chi connectivity index (χ0v) is 17.4. The van der Waals surface area contributed by atoms with Gasteiger partial charge in [-0.25, -0.2) is 4.52 Å². The first kappa shape index (κ1) is 27.5. The van der Waals surface area contributed by atoms with Crippen LogP contribution in [-0.2, 0) is 31.8 Å². The molecule has 0 radical (unpaired) electrons. The van der Waals surface area contributed by atoms with E-state index in [1.54, 1.807) is 0 Å². The normalized spacial score (nSPS) is 18.2. The molecule has 0 saturated heterocycles. The number of aliphatic hydroxyl groups is 2. The van der Waals surface area contributed by atoms with Crippen LogP contribution in [0.4, 0.5) is 0 Å². The van der Waals surface area contributed by atoms with Crippen molar-refractivity contribution in [2.75, 3.05) is 13.1 Å². The predicted octanol–water partition coefficient (Wildman–Crippen LogP) is -0.631. The Balaban J connectivity index is 5.37. The van der Waals surface area contributed by atoms with E-state index >= 15 is 0 Å². The molecule has 0 aromatic rings. The van der Waals surface area contributed by atoms with Gasteiger partial charge in [0, 0.05) is 19.9 Å². The third-order valence-electron chi connectivity index (χ3n) is 2.13. The van der Waals surface area contributed by atoms with Crippen LogP contribution in [0, 0.1) is 0 Å². The molecule has 0 aromatic carbocycles. The van der Waals surface area contributed by atoms with Crippen molar-refractivity contribution in [3.8, 4) is 0 Å². The first-order valence-electron chi connectivity index (χ1n) is 6.57. The molecule has 0 spiro atoms. The van der Waals surface area contributed by atoms with E-state index in [-0.39, 0.29) is 0 Å². The zero-order chi connectivity index (χ0) is 22.0. The molecule has 0 bridgehead atoms. The summed E-state index contributed by atoms with van der Waals surface area (Å²) in [6.45, 7) is -0.402. The smallest absolute Gasteiger partial charge is 0.338 e. The Morgan fingerprint density at radius 1 is 1.00 bits per heavy atom. The molecule has 0 aliphatic carbocycles. The second kappa shape index (κ2) is 12.9. The maximum absolute atomic E-state index is 10.8. The minimum absolute atomic E-state index is 0.783. The second-order valence-electron chi connectivity index (χ2n) is 4.37. The van der Waals surface area contributed by atoms with Crippen molar-refractivity contribution in [2.24, 2.45) is 4.99 Å². The van der Waals surface area contributed by atoms with Gasteiger partial charge >= 0.3 is 45.3 Å². The average molecular weight is 489 g/mol. The average Bonchev–Trinajstić information content (AvgIpc) is 2.42. The van der Waals surface area contributed by atoms with E-state index in [1.807, 2.05) is 0 Å². The largest absolute Gasteiger partial charge is 0.700 e. The van der Waals surface area contributed by atoms with Crippen molar-refractivity contribution in [3.05, 3.63) is 12.3 Å². The Hall–Kier alpha value is -0.500. The van der Waals surface area contributed by atoms with Gasteiger partial charge in [0.25, 0.3) is 0 Å². The summed E-state index contributed by atoms with van der Waals surface area (Å²) in [7, 11) is -13.6. The molecule has 28 heavy (non-hydrogen) atoms. The summed E-state index contributed by atoms with van der Waals surface area (Å²) >= 11 is 0. The van der Waals surface area contributed by atoms with Gasteiger partial charge in [-0.3, -0.25) is 4.99 Å². The van der Waals surface area contributed by atoms with Crippen LogP contribution in [0.3, 0.4) is 0 Å². The number of hydrogen-bond acceptors (Lipinski definition) is 12. The summed E-state index contributed by atoms with van der Waals surface area (Å²) in [5, 5.41) is 19.7. The maximum atomic E-state index is 10.8. The van der Waals surface area contributed by atoms with Gasteiger partial charge in [0.15, 0.2) is 0 Å². The van der Waals surface area contributed by atoms with Crippen molar-refractivity contribution >= 4 is 39.7 Å². The fraction of sp³-hybridized carbons (Fsp3) is 0.625. The molecule has 4 atom stereocenters. The summed E-state index contributed by atoms with van der Waals surface area (Å²) in [5.74, 6) is -6.06. The van der Waals surface area contributed by atoms with Crippen molar-refractivity contribution in [1.82, 2.24) is 4.90 Å². The van der Waals surface area contributed by atoms with Gasteiger partial charge in [0.05, 0.1) is 6.34 Å². The van der Waals surface area contributed by atoms with Gasteiger partial charge in [-0.15, -0.1) is 14.7 Å². The molecule has 0 heterocycles. The van der Waals surface area contributed by atoms with E-state index < -0.39 is 58.4 Å². The van der Waals surface area contributed by atoms with Crippen molar-refractivity contribution in [3.63, 3.8) is 0 Å². The molecule has 20 heteroatoms. The Morgan fingerprint density at radius 2 is 1.46 bits per heavy atom. The lowest BCUT2D eigenvalue weighted by molar-refractivity contribution is -0.274. The summed E-state index contributed by atoms with van der Waals surface area (Å²) in [4.78, 5) is 48.0. The van der Waals surface area contributed by atoms with E-state index in [4.69, 9.17) is 24.5 Å². The summed E-state index contributed by atoms with van der Waals surface area (Å²) in [6, 6.07) is 0. The van der Waals surface area contributed by atoms with Crippen molar-refractivity contribution in [2.45, 2.75) is 18.9 Å². The third-order valence-corrected chi connectivity index (χ3v) is 3.90. The van der Waals surface area contributed by atoms with Crippen molar-refractivity contribution in [1.29, 1.82) is 0 Å². The molecular formula is C8H17N2O14P4+3. The quantitative estimate of drug-likeness (QED) is 0.0695. The molecule has 0 rings (SSSR count). The highest BCUT2D eigenvalue weighted by molar-refractivity contribution is 7.39. The molecule has 7 N–H and O–H groups in total. The van der Waals surface area contributed by atoms with E-state index in [9.17, 15) is 23.9 Å². The molecule has 0 saturated carbocycles. The first-order chi connectivity index (χ1) is 12.8. The van der Waals surface area contributed by atoms with Gasteiger partial charge in [0.1, 0.15) is 13.1 Å². The van der Waals surface area contributed by atoms with Gasteiger partial charge in [-0.05, 0) is 20.5 Å². The lowest BCUT2D eigenvalue weighted by atomic mass is 10.5. The van der Waals surface area contributed by atoms with Crippen LogP contribution in [0.15, 0.2) is 17.3 Å². The molecule has 0 amide bonds. The Morgan fingerprint density at radius 3 is 1.86 bits per heavy atom. The summed E-state index contributed by atoms with van der Waals surface area (Å²) < 4.78 is 48.8. The number of rotatable bonds is 14. The molecule has 160 valence electrons.